The maximum absolute atomic E-state index is 6.86. The van der Waals surface area contributed by atoms with Crippen molar-refractivity contribution in [1.82, 2.24) is 0 Å². The number of hydrogen-bond acceptors (Lipinski definition) is 1. The number of benzene rings is 1. The molecule has 0 unspecified atom stereocenters. The van der Waals surface area contributed by atoms with E-state index in [1.165, 1.54) is 5.56 Å². The molecule has 0 N–H and O–H groups in total. The molecule has 0 heterocycles. The summed E-state index contributed by atoms with van der Waals surface area (Å²) < 4.78 is 0. The lowest BCUT2D eigenvalue weighted by Gasteiger charge is -1.93. The van der Waals surface area contributed by atoms with E-state index in [1.54, 1.807) is 0 Å². The summed E-state index contributed by atoms with van der Waals surface area (Å²) in [5.41, 5.74) is 1.22. The second-order valence-corrected chi connectivity index (χ2v) is 2.35. The van der Waals surface area contributed by atoms with Gasteiger partial charge in [0.05, 0.1) is 6.26 Å². The van der Waals surface area contributed by atoms with Crippen LogP contribution in [0.3, 0.4) is 0 Å². The van der Waals surface area contributed by atoms with Crippen LogP contribution in [-0.4, -0.2) is 0 Å². The summed E-state index contributed by atoms with van der Waals surface area (Å²) in [5.74, 6) is 0.792. The standard InChI is InChI=1S/C8H7S/c1-9-7-8-5-3-2-4-6-8/h2-6H,7H2. The van der Waals surface area contributed by atoms with Gasteiger partial charge < -0.3 is 0 Å². The Morgan fingerprint density at radius 2 is 1.89 bits per heavy atom. The van der Waals surface area contributed by atoms with E-state index in [9.17, 15) is 0 Å². The summed E-state index contributed by atoms with van der Waals surface area (Å²) in [6, 6.07) is 10.0. The molecule has 0 spiro atoms. The van der Waals surface area contributed by atoms with Gasteiger partial charge in [0.25, 0.3) is 0 Å². The van der Waals surface area contributed by atoms with Gasteiger partial charge in [0.1, 0.15) is 0 Å². The van der Waals surface area contributed by atoms with Crippen LogP contribution < -0.4 is 0 Å². The Labute approximate surface area is 60.3 Å². The fourth-order valence-electron chi connectivity index (χ4n) is 0.658. The van der Waals surface area contributed by atoms with Crippen molar-refractivity contribution in [2.45, 2.75) is 5.75 Å². The van der Waals surface area contributed by atoms with E-state index in [0.29, 0.717) is 0 Å². The highest BCUT2D eigenvalue weighted by atomic mass is 32.2. The van der Waals surface area contributed by atoms with Gasteiger partial charge in [-0.3, -0.25) is 0 Å². The summed E-state index contributed by atoms with van der Waals surface area (Å²) in [6.45, 7) is 0. The van der Waals surface area contributed by atoms with Gasteiger partial charge in [0.2, 0.25) is 0 Å². The number of thioether (sulfide) groups is 1. The van der Waals surface area contributed by atoms with E-state index in [-0.39, 0.29) is 0 Å². The molecule has 0 aromatic heterocycles. The van der Waals surface area contributed by atoms with Crippen molar-refractivity contribution in [3.05, 3.63) is 42.2 Å². The molecule has 0 saturated heterocycles. The lowest BCUT2D eigenvalue weighted by atomic mass is 10.2. The fraction of sp³-hybridized carbons (Fsp3) is 0.125. The molecule has 1 rings (SSSR count). The predicted octanol–water partition coefficient (Wildman–Crippen LogP) is 2.47. The molecule has 0 aliphatic carbocycles. The first-order valence-corrected chi connectivity index (χ1v) is 3.74. The predicted molar refractivity (Wildman–Crippen MR) is 41.0 cm³/mol. The fourth-order valence-corrected chi connectivity index (χ4v) is 1.02. The highest BCUT2D eigenvalue weighted by Gasteiger charge is 1.85. The molecule has 45 valence electrons. The summed E-state index contributed by atoms with van der Waals surface area (Å²) in [4.78, 5) is 0. The van der Waals surface area contributed by atoms with E-state index in [0.717, 1.165) is 17.5 Å². The third-order valence-corrected chi connectivity index (χ3v) is 1.56. The molecule has 0 bridgehead atoms. The average molecular weight is 135 g/mol. The molecule has 0 atom stereocenters. The Morgan fingerprint density at radius 3 is 2.44 bits per heavy atom. The third-order valence-electron chi connectivity index (χ3n) is 1.08. The van der Waals surface area contributed by atoms with Gasteiger partial charge in [-0.15, -0.1) is 11.8 Å². The summed E-state index contributed by atoms with van der Waals surface area (Å²) in [7, 11) is 0. The molecule has 0 amide bonds. The minimum absolute atomic E-state index is 0.792. The minimum Gasteiger partial charge on any atom is -0.146 e. The van der Waals surface area contributed by atoms with E-state index < -0.39 is 0 Å². The summed E-state index contributed by atoms with van der Waals surface area (Å²) in [5, 5.41) is 0. The molecule has 0 fully saturated rings. The molecule has 1 aromatic rings. The SMILES string of the molecule is [C]SCc1ccccc1. The maximum atomic E-state index is 6.86. The molecule has 0 aliphatic rings. The van der Waals surface area contributed by atoms with Gasteiger partial charge in [0.15, 0.2) is 0 Å². The van der Waals surface area contributed by atoms with Crippen LogP contribution in [-0.2, 0) is 5.75 Å². The lowest BCUT2D eigenvalue weighted by Crippen LogP contribution is -1.74. The van der Waals surface area contributed by atoms with E-state index in [4.69, 9.17) is 6.26 Å². The Kier molecular flexibility index (Phi) is 2.65. The first-order valence-electron chi connectivity index (χ1n) is 2.76. The van der Waals surface area contributed by atoms with Gasteiger partial charge in [-0.05, 0) is 5.56 Å². The van der Waals surface area contributed by atoms with Crippen molar-refractivity contribution < 1.29 is 0 Å². The smallest absolute Gasteiger partial charge is 0.0690 e. The summed E-state index contributed by atoms with van der Waals surface area (Å²) >= 11 is 1.10. The second kappa shape index (κ2) is 3.57. The van der Waals surface area contributed by atoms with Crippen molar-refractivity contribution in [3.8, 4) is 0 Å². The second-order valence-electron chi connectivity index (χ2n) is 1.77. The molecular formula is C8H7S. The zero-order valence-electron chi connectivity index (χ0n) is 5.00. The van der Waals surface area contributed by atoms with Crippen LogP contribution in [0.4, 0.5) is 0 Å². The Balaban J connectivity index is 2.61. The van der Waals surface area contributed by atoms with Crippen molar-refractivity contribution in [1.29, 1.82) is 0 Å². The van der Waals surface area contributed by atoms with Crippen LogP contribution in [0.5, 0.6) is 0 Å². The van der Waals surface area contributed by atoms with Gasteiger partial charge >= 0.3 is 0 Å². The highest BCUT2D eigenvalue weighted by Crippen LogP contribution is 2.08. The largest absolute Gasteiger partial charge is 0.146 e. The van der Waals surface area contributed by atoms with Crippen molar-refractivity contribution in [2.24, 2.45) is 0 Å². The normalized spacial score (nSPS) is 9.44. The Hall–Kier alpha value is -0.430. The van der Waals surface area contributed by atoms with Crippen LogP contribution >= 0.6 is 11.8 Å². The molecule has 3 radical (unpaired) electrons. The van der Waals surface area contributed by atoms with Crippen LogP contribution in [0, 0.1) is 6.26 Å². The van der Waals surface area contributed by atoms with Gasteiger partial charge in [0, 0.05) is 5.75 Å². The maximum Gasteiger partial charge on any atom is 0.0690 e. The monoisotopic (exact) mass is 135 g/mol. The van der Waals surface area contributed by atoms with Crippen molar-refractivity contribution in [2.75, 3.05) is 0 Å². The number of hydrogen-bond donors (Lipinski definition) is 0. The van der Waals surface area contributed by atoms with Crippen molar-refractivity contribution in [3.63, 3.8) is 0 Å². The molecule has 0 nitrogen and oxygen atoms in total. The third kappa shape index (κ3) is 2.10. The number of rotatable bonds is 2. The Bertz CT molecular complexity index is 157. The van der Waals surface area contributed by atoms with Crippen LogP contribution in [0.1, 0.15) is 5.56 Å². The first-order chi connectivity index (χ1) is 4.43. The zero-order chi connectivity index (χ0) is 6.53. The lowest BCUT2D eigenvalue weighted by molar-refractivity contribution is 1.42. The molecule has 0 saturated carbocycles. The van der Waals surface area contributed by atoms with E-state index in [1.807, 2.05) is 30.3 Å². The molecule has 1 heteroatoms. The quantitative estimate of drug-likeness (QED) is 0.600. The van der Waals surface area contributed by atoms with E-state index in [2.05, 4.69) is 0 Å². The van der Waals surface area contributed by atoms with Gasteiger partial charge in [-0.1, -0.05) is 30.3 Å². The highest BCUT2D eigenvalue weighted by molar-refractivity contribution is 7.99. The zero-order valence-corrected chi connectivity index (χ0v) is 5.82. The van der Waals surface area contributed by atoms with Gasteiger partial charge in [-0.25, -0.2) is 0 Å². The van der Waals surface area contributed by atoms with Crippen LogP contribution in [0.15, 0.2) is 30.3 Å². The van der Waals surface area contributed by atoms with Crippen molar-refractivity contribution >= 4 is 11.8 Å². The average Bonchev–Trinajstić information content (AvgIpc) is 1.91. The Morgan fingerprint density at radius 1 is 1.22 bits per heavy atom. The minimum atomic E-state index is 0.792. The molecule has 9 heavy (non-hydrogen) atoms. The molecule has 1 aromatic carbocycles. The van der Waals surface area contributed by atoms with Crippen LogP contribution in [0.2, 0.25) is 0 Å². The van der Waals surface area contributed by atoms with Crippen LogP contribution in [0.25, 0.3) is 0 Å². The molecule has 0 aliphatic heterocycles. The molecular weight excluding hydrogens is 128 g/mol. The first kappa shape index (κ1) is 6.69. The topological polar surface area (TPSA) is 0 Å². The van der Waals surface area contributed by atoms with E-state index >= 15 is 0 Å². The summed E-state index contributed by atoms with van der Waals surface area (Å²) in [6.07, 6.45) is 6.86. The van der Waals surface area contributed by atoms with Gasteiger partial charge in [-0.2, -0.15) is 0 Å².